The van der Waals surface area contributed by atoms with Gasteiger partial charge in [-0.15, -0.1) is 0 Å². The Morgan fingerprint density at radius 2 is 1.96 bits per heavy atom. The van der Waals surface area contributed by atoms with Crippen LogP contribution in [-0.4, -0.2) is 35.4 Å². The van der Waals surface area contributed by atoms with E-state index in [1.54, 1.807) is 36.5 Å². The van der Waals surface area contributed by atoms with Gasteiger partial charge in [-0.05, 0) is 36.8 Å². The van der Waals surface area contributed by atoms with Crippen LogP contribution in [0.1, 0.15) is 22.3 Å². The van der Waals surface area contributed by atoms with Crippen molar-refractivity contribution in [3.05, 3.63) is 58.6 Å². The molecule has 2 aromatic rings. The van der Waals surface area contributed by atoms with Crippen molar-refractivity contribution in [1.29, 1.82) is 0 Å². The number of nitrogens with one attached hydrogen (secondary N) is 1. The van der Waals surface area contributed by atoms with E-state index in [0.717, 1.165) is 0 Å². The van der Waals surface area contributed by atoms with Gasteiger partial charge in [-0.1, -0.05) is 23.7 Å². The molecule has 6 heteroatoms. The van der Waals surface area contributed by atoms with Crippen molar-refractivity contribution in [2.75, 3.05) is 13.1 Å². The van der Waals surface area contributed by atoms with Crippen LogP contribution in [0.2, 0.25) is 5.02 Å². The highest BCUT2D eigenvalue weighted by molar-refractivity contribution is 6.30. The number of phenols is 2. The Morgan fingerprint density at radius 1 is 1.17 bits per heavy atom. The van der Waals surface area contributed by atoms with Gasteiger partial charge in [-0.25, -0.2) is 0 Å². The lowest BCUT2D eigenvalue weighted by molar-refractivity contribution is 0.0951. The Labute approximate surface area is 139 Å². The van der Waals surface area contributed by atoms with Crippen molar-refractivity contribution >= 4 is 23.7 Å². The van der Waals surface area contributed by atoms with Crippen LogP contribution < -0.4 is 5.32 Å². The standard InChI is InChI=1S/C17H17ClN2O3/c18-13-6-7-15(21)12(10-13)11-19-8-3-9-20-17(23)14-4-1-2-5-16(14)22/h1-2,4-7,10-11,21-22H,3,8-9H2,(H,20,23). The first kappa shape index (κ1) is 16.8. The summed E-state index contributed by atoms with van der Waals surface area (Å²) in [6.07, 6.45) is 2.18. The van der Waals surface area contributed by atoms with Crippen molar-refractivity contribution in [2.24, 2.45) is 4.99 Å². The van der Waals surface area contributed by atoms with Crippen molar-refractivity contribution < 1.29 is 15.0 Å². The van der Waals surface area contributed by atoms with E-state index in [1.807, 2.05) is 0 Å². The van der Waals surface area contributed by atoms with Gasteiger partial charge in [0, 0.05) is 29.9 Å². The summed E-state index contributed by atoms with van der Waals surface area (Å²) < 4.78 is 0. The molecule has 0 saturated carbocycles. The maximum Gasteiger partial charge on any atom is 0.255 e. The van der Waals surface area contributed by atoms with Gasteiger partial charge in [-0.3, -0.25) is 9.79 Å². The maximum atomic E-state index is 11.8. The second kappa shape index (κ2) is 8.19. The molecule has 1 amide bonds. The Balaban J connectivity index is 1.76. The molecule has 0 radical (unpaired) electrons. The number of hydrogen-bond acceptors (Lipinski definition) is 4. The largest absolute Gasteiger partial charge is 0.507 e. The number of aromatic hydroxyl groups is 2. The molecule has 0 heterocycles. The number of carbonyl (C=O) groups excluding carboxylic acids is 1. The smallest absolute Gasteiger partial charge is 0.255 e. The summed E-state index contributed by atoms with van der Waals surface area (Å²) in [4.78, 5) is 16.0. The van der Waals surface area contributed by atoms with Gasteiger partial charge >= 0.3 is 0 Å². The average Bonchev–Trinajstić information content (AvgIpc) is 2.54. The highest BCUT2D eigenvalue weighted by Gasteiger charge is 2.08. The topological polar surface area (TPSA) is 81.9 Å². The molecule has 120 valence electrons. The molecule has 0 aliphatic heterocycles. The zero-order chi connectivity index (χ0) is 16.7. The minimum Gasteiger partial charge on any atom is -0.507 e. The number of aliphatic imine (C=N–C) groups is 1. The van der Waals surface area contributed by atoms with Gasteiger partial charge < -0.3 is 15.5 Å². The summed E-state index contributed by atoms with van der Waals surface area (Å²) in [7, 11) is 0. The highest BCUT2D eigenvalue weighted by Crippen LogP contribution is 2.19. The number of carbonyl (C=O) groups is 1. The van der Waals surface area contributed by atoms with Crippen molar-refractivity contribution in [2.45, 2.75) is 6.42 Å². The van der Waals surface area contributed by atoms with Crippen LogP contribution in [0.5, 0.6) is 11.5 Å². The molecule has 0 bridgehead atoms. The average molecular weight is 333 g/mol. The second-order valence-corrected chi connectivity index (χ2v) is 5.30. The summed E-state index contributed by atoms with van der Waals surface area (Å²) >= 11 is 5.84. The molecule has 3 N–H and O–H groups in total. The maximum absolute atomic E-state index is 11.8. The molecule has 23 heavy (non-hydrogen) atoms. The Morgan fingerprint density at radius 3 is 2.74 bits per heavy atom. The molecule has 2 aromatic carbocycles. The lowest BCUT2D eigenvalue weighted by Crippen LogP contribution is -2.24. The summed E-state index contributed by atoms with van der Waals surface area (Å²) in [5, 5.41) is 22.5. The fourth-order valence-corrected chi connectivity index (χ4v) is 2.11. The van der Waals surface area contributed by atoms with Crippen LogP contribution in [0.3, 0.4) is 0 Å². The molecule has 0 aromatic heterocycles. The zero-order valence-electron chi connectivity index (χ0n) is 12.4. The molecule has 0 unspecified atom stereocenters. The second-order valence-electron chi connectivity index (χ2n) is 4.87. The van der Waals surface area contributed by atoms with Crippen LogP contribution in [0, 0.1) is 0 Å². The third-order valence-electron chi connectivity index (χ3n) is 3.12. The van der Waals surface area contributed by atoms with E-state index in [9.17, 15) is 15.0 Å². The quantitative estimate of drug-likeness (QED) is 0.562. The number of hydrogen-bond donors (Lipinski definition) is 3. The van der Waals surface area contributed by atoms with Crippen LogP contribution in [-0.2, 0) is 0 Å². The van der Waals surface area contributed by atoms with Gasteiger partial charge in [-0.2, -0.15) is 0 Å². The highest BCUT2D eigenvalue weighted by atomic mass is 35.5. The Kier molecular flexibility index (Phi) is 6.00. The number of benzene rings is 2. The number of halogens is 1. The van der Waals surface area contributed by atoms with Gasteiger partial charge in [0.15, 0.2) is 0 Å². The lowest BCUT2D eigenvalue weighted by atomic mass is 10.2. The summed E-state index contributed by atoms with van der Waals surface area (Å²) in [5.41, 5.74) is 0.801. The normalized spacial score (nSPS) is 10.8. The van der Waals surface area contributed by atoms with Crippen LogP contribution >= 0.6 is 11.6 Å². The van der Waals surface area contributed by atoms with Gasteiger partial charge in [0.05, 0.1) is 5.56 Å². The first-order valence-corrected chi connectivity index (χ1v) is 7.50. The van der Waals surface area contributed by atoms with Crippen molar-refractivity contribution in [3.8, 4) is 11.5 Å². The predicted molar refractivity (Wildman–Crippen MR) is 90.6 cm³/mol. The van der Waals surface area contributed by atoms with Gasteiger partial charge in [0.1, 0.15) is 11.5 Å². The third-order valence-corrected chi connectivity index (χ3v) is 3.35. The van der Waals surface area contributed by atoms with Crippen LogP contribution in [0.25, 0.3) is 0 Å². The van der Waals surface area contributed by atoms with E-state index in [1.165, 1.54) is 12.1 Å². The van der Waals surface area contributed by atoms with Gasteiger partial charge in [0.2, 0.25) is 0 Å². The minimum atomic E-state index is -0.320. The third kappa shape index (κ3) is 5.00. The van der Waals surface area contributed by atoms with E-state index in [4.69, 9.17) is 11.6 Å². The number of phenolic OH excluding ortho intramolecular Hbond substituents is 2. The number of amides is 1. The molecule has 0 aliphatic rings. The Hall–Kier alpha value is -2.53. The van der Waals surface area contributed by atoms with Crippen LogP contribution in [0.15, 0.2) is 47.5 Å². The van der Waals surface area contributed by atoms with Crippen LogP contribution in [0.4, 0.5) is 0 Å². The van der Waals surface area contributed by atoms with E-state index < -0.39 is 0 Å². The number of nitrogens with zero attached hydrogens (tertiary/aromatic N) is 1. The molecule has 0 spiro atoms. The van der Waals surface area contributed by atoms with E-state index in [-0.39, 0.29) is 23.0 Å². The predicted octanol–water partition coefficient (Wildman–Crippen LogP) is 2.99. The molecular formula is C17H17ClN2O3. The first-order valence-electron chi connectivity index (χ1n) is 7.12. The van der Waals surface area contributed by atoms with E-state index in [2.05, 4.69) is 10.3 Å². The minimum absolute atomic E-state index is 0.0422. The monoisotopic (exact) mass is 332 g/mol. The summed E-state index contributed by atoms with van der Waals surface area (Å²) in [5.74, 6) is -0.245. The Bertz CT molecular complexity index is 717. The molecule has 0 saturated heterocycles. The van der Waals surface area contributed by atoms with Gasteiger partial charge in [0.25, 0.3) is 5.91 Å². The first-order chi connectivity index (χ1) is 11.1. The molecule has 0 atom stereocenters. The van der Waals surface area contributed by atoms with E-state index in [0.29, 0.717) is 30.1 Å². The summed E-state index contributed by atoms with van der Waals surface area (Å²) in [6.45, 7) is 0.930. The summed E-state index contributed by atoms with van der Waals surface area (Å²) in [6, 6.07) is 11.1. The number of rotatable bonds is 6. The number of para-hydroxylation sites is 1. The fraction of sp³-hybridized carbons (Fsp3) is 0.176. The molecule has 2 rings (SSSR count). The molecule has 0 fully saturated rings. The van der Waals surface area contributed by atoms with E-state index >= 15 is 0 Å². The lowest BCUT2D eigenvalue weighted by Gasteiger charge is -2.05. The van der Waals surface area contributed by atoms with Crippen molar-refractivity contribution in [1.82, 2.24) is 5.32 Å². The zero-order valence-corrected chi connectivity index (χ0v) is 13.1. The molecule has 0 aliphatic carbocycles. The SMILES string of the molecule is O=C(NCCCN=Cc1cc(Cl)ccc1O)c1ccccc1O. The van der Waals surface area contributed by atoms with Crippen molar-refractivity contribution in [3.63, 3.8) is 0 Å². The fourth-order valence-electron chi connectivity index (χ4n) is 1.92. The molecular weight excluding hydrogens is 316 g/mol. The molecule has 5 nitrogen and oxygen atoms in total.